The van der Waals surface area contributed by atoms with Gasteiger partial charge in [0, 0.05) is 7.11 Å². The number of rotatable bonds is 8. The lowest BCUT2D eigenvalue weighted by Crippen LogP contribution is -3.00. The minimum Gasteiger partial charge on any atom is -1.00 e. The first-order valence-electron chi connectivity index (χ1n) is 10.1. The second-order valence-electron chi connectivity index (χ2n) is 8.88. The Morgan fingerprint density at radius 2 is 2.00 bits per heavy atom. The highest BCUT2D eigenvalue weighted by Crippen LogP contribution is 2.55. The van der Waals surface area contributed by atoms with Crippen molar-refractivity contribution in [2.24, 2.45) is 5.92 Å². The Bertz CT molecular complexity index is 676. The summed E-state index contributed by atoms with van der Waals surface area (Å²) in [4.78, 5) is 23.5. The Morgan fingerprint density at radius 1 is 1.35 bits per heavy atom. The second kappa shape index (κ2) is 11.9. The van der Waals surface area contributed by atoms with Crippen molar-refractivity contribution in [3.8, 4) is 0 Å². The minimum atomic E-state index is -0.996. The Morgan fingerprint density at radius 3 is 2.52 bits per heavy atom. The summed E-state index contributed by atoms with van der Waals surface area (Å²) in [5, 5.41) is 13.8. The van der Waals surface area contributed by atoms with Crippen LogP contribution in [0.15, 0.2) is 11.6 Å². The maximum atomic E-state index is 12.1. The van der Waals surface area contributed by atoms with Gasteiger partial charge < -0.3 is 43.3 Å². The number of aliphatic hydroxyl groups is 1. The lowest BCUT2D eigenvalue weighted by Gasteiger charge is -2.47. The fraction of sp³-hybridized carbons (Fsp3) is 0.810. The summed E-state index contributed by atoms with van der Waals surface area (Å²) in [6.45, 7) is 6.08. The van der Waals surface area contributed by atoms with Crippen molar-refractivity contribution in [3.63, 3.8) is 0 Å². The van der Waals surface area contributed by atoms with Crippen LogP contribution in [0.2, 0.25) is 0 Å². The third-order valence-electron chi connectivity index (χ3n) is 5.90. The number of epoxide rings is 1. The monoisotopic (exact) mass is 591 g/mol. The van der Waals surface area contributed by atoms with E-state index in [1.54, 1.807) is 7.11 Å². The van der Waals surface area contributed by atoms with Crippen molar-refractivity contribution >= 4 is 34.5 Å². The van der Waals surface area contributed by atoms with E-state index in [2.05, 4.69) is 23.9 Å². The fourth-order valence-electron chi connectivity index (χ4n) is 4.65. The highest BCUT2D eigenvalue weighted by atomic mass is 127. The molecule has 1 saturated carbocycles. The molecule has 2 aliphatic rings. The average Bonchev–Trinajstić information content (AvgIpc) is 3.30. The zero-order valence-electron chi connectivity index (χ0n) is 19.1. The number of methoxy groups -OCH3 is 1. The molecule has 0 spiro atoms. The summed E-state index contributed by atoms with van der Waals surface area (Å²) >= 11 is 5.44. The summed E-state index contributed by atoms with van der Waals surface area (Å²) in [7, 11) is 1.55. The second-order valence-corrected chi connectivity index (χ2v) is 11.4. The van der Waals surface area contributed by atoms with Gasteiger partial charge in [-0.05, 0) is 50.9 Å². The topological polar surface area (TPSA) is 97.4 Å². The van der Waals surface area contributed by atoms with E-state index < -0.39 is 35.4 Å². The van der Waals surface area contributed by atoms with E-state index in [0.717, 1.165) is 6.42 Å². The molecule has 6 unspecified atom stereocenters. The van der Waals surface area contributed by atoms with Gasteiger partial charge in [0.25, 0.3) is 0 Å². The first kappa shape index (κ1) is 29.0. The van der Waals surface area contributed by atoms with E-state index in [9.17, 15) is 14.7 Å². The molecule has 0 bridgehead atoms. The number of alkyl halides is 1. The number of allylic oxidation sites excluding steroid dienone is 1. The zero-order valence-corrected chi connectivity index (χ0v) is 22.8. The molecule has 1 aliphatic carbocycles. The standard InChI is InChI=1S/C21H34ClNO6S.HI/c1-13(2)7-8-15-20(3,29-15)18-17(27-4)14(28-19(25)23-16(24)11-22)9-10-21(18,26)12-30(5)6;/h7,14-15,17-18,26H,8-12H2,1-6H3;1H. The molecule has 2 rings (SSSR count). The van der Waals surface area contributed by atoms with Crippen molar-refractivity contribution < 1.29 is 52.9 Å². The van der Waals surface area contributed by atoms with Crippen LogP contribution in [-0.2, 0) is 29.9 Å². The van der Waals surface area contributed by atoms with Crippen LogP contribution in [0.4, 0.5) is 4.79 Å². The number of hydrogen-bond acceptors (Lipinski definition) is 6. The molecule has 0 radical (unpaired) electrons. The van der Waals surface area contributed by atoms with Gasteiger partial charge in [0.05, 0.1) is 24.5 Å². The van der Waals surface area contributed by atoms with Crippen LogP contribution in [0.3, 0.4) is 0 Å². The third kappa shape index (κ3) is 7.20. The average molecular weight is 592 g/mol. The number of amides is 2. The largest absolute Gasteiger partial charge is 1.00 e. The Hall–Kier alpha value is -0.0700. The lowest BCUT2D eigenvalue weighted by molar-refractivity contribution is -0.170. The number of carbonyl (C=O) groups is 2. The van der Waals surface area contributed by atoms with Crippen molar-refractivity contribution in [1.82, 2.24) is 5.32 Å². The van der Waals surface area contributed by atoms with Gasteiger partial charge >= 0.3 is 6.09 Å². The number of alkyl carbamates (subject to hydrolysis) is 1. The van der Waals surface area contributed by atoms with Gasteiger partial charge in [-0.3, -0.25) is 10.1 Å². The molecular weight excluding hydrogens is 557 g/mol. The van der Waals surface area contributed by atoms with Crippen LogP contribution in [0.5, 0.6) is 0 Å². The molecule has 2 amide bonds. The first-order chi connectivity index (χ1) is 14.0. The summed E-state index contributed by atoms with van der Waals surface area (Å²) in [6.07, 6.45) is 5.90. The van der Waals surface area contributed by atoms with Gasteiger partial charge in [0.15, 0.2) is 0 Å². The minimum absolute atomic E-state index is 0. The van der Waals surface area contributed by atoms with Crippen molar-refractivity contribution in [1.29, 1.82) is 0 Å². The molecule has 180 valence electrons. The first-order valence-corrected chi connectivity index (χ1v) is 12.9. The normalized spacial score (nSPS) is 34.5. The highest BCUT2D eigenvalue weighted by Gasteiger charge is 2.68. The Balaban J connectivity index is 0.00000480. The van der Waals surface area contributed by atoms with E-state index in [4.69, 9.17) is 25.8 Å². The van der Waals surface area contributed by atoms with Crippen molar-refractivity contribution in [2.45, 2.75) is 69.5 Å². The fourth-order valence-corrected chi connectivity index (χ4v) is 6.04. The molecule has 2 N–H and O–H groups in total. The number of hydrogen-bond donors (Lipinski definition) is 2. The van der Waals surface area contributed by atoms with Gasteiger partial charge in [-0.15, -0.1) is 11.6 Å². The molecule has 10 heteroatoms. The van der Waals surface area contributed by atoms with Crippen molar-refractivity contribution in [2.75, 3.05) is 31.3 Å². The number of imide groups is 1. The van der Waals surface area contributed by atoms with E-state index in [0.29, 0.717) is 18.6 Å². The molecular formula is C21H35ClINO6S. The summed E-state index contributed by atoms with van der Waals surface area (Å²) in [5.74, 6) is -0.714. The van der Waals surface area contributed by atoms with E-state index in [-0.39, 0.29) is 52.8 Å². The van der Waals surface area contributed by atoms with Crippen LogP contribution < -0.4 is 29.3 Å². The van der Waals surface area contributed by atoms with Gasteiger partial charge in [-0.1, -0.05) is 11.6 Å². The number of halogens is 2. The van der Waals surface area contributed by atoms with Crippen LogP contribution in [0, 0.1) is 5.92 Å². The van der Waals surface area contributed by atoms with Gasteiger partial charge in [0.2, 0.25) is 5.91 Å². The molecule has 2 fully saturated rings. The summed E-state index contributed by atoms with van der Waals surface area (Å²) in [5.41, 5.74) is -0.379. The number of ether oxygens (including phenoxy) is 3. The Kier molecular flexibility index (Phi) is 11.1. The molecule has 7 nitrogen and oxygen atoms in total. The summed E-state index contributed by atoms with van der Waals surface area (Å²) < 4.78 is 17.4. The number of nitrogens with one attached hydrogen (secondary N) is 1. The summed E-state index contributed by atoms with van der Waals surface area (Å²) in [6, 6.07) is 0. The zero-order chi connectivity index (χ0) is 22.7. The molecule has 1 aliphatic heterocycles. The van der Waals surface area contributed by atoms with E-state index in [1.807, 2.05) is 20.8 Å². The van der Waals surface area contributed by atoms with Crippen LogP contribution in [0.1, 0.15) is 40.0 Å². The quantitative estimate of drug-likeness (QED) is 0.129. The predicted octanol–water partition coefficient (Wildman–Crippen LogP) is -0.602. The predicted molar refractivity (Wildman–Crippen MR) is 119 cm³/mol. The van der Waals surface area contributed by atoms with E-state index in [1.165, 1.54) is 5.57 Å². The van der Waals surface area contributed by atoms with Crippen molar-refractivity contribution in [3.05, 3.63) is 11.6 Å². The van der Waals surface area contributed by atoms with Gasteiger partial charge in [-0.25, -0.2) is 4.79 Å². The molecule has 0 aromatic rings. The number of carbonyl (C=O) groups excluding carboxylic acids is 2. The molecule has 1 saturated heterocycles. The SMILES string of the molecule is COC1C(OC(=O)NC(=O)CCl)CCC(O)(C[S+](C)C)C1C1(C)OC1CC=C(C)C.[I-]. The lowest BCUT2D eigenvalue weighted by atomic mass is 9.66. The third-order valence-corrected chi connectivity index (χ3v) is 7.22. The van der Waals surface area contributed by atoms with Crippen LogP contribution in [-0.4, -0.2) is 77.9 Å². The molecule has 0 aromatic heterocycles. The van der Waals surface area contributed by atoms with Gasteiger partial charge in [-0.2, -0.15) is 0 Å². The molecule has 6 atom stereocenters. The van der Waals surface area contributed by atoms with Gasteiger partial charge in [0.1, 0.15) is 35.0 Å². The molecule has 1 heterocycles. The molecule has 0 aromatic carbocycles. The maximum Gasteiger partial charge on any atom is 0.414 e. The highest BCUT2D eigenvalue weighted by molar-refractivity contribution is 7.95. The Labute approximate surface area is 210 Å². The van der Waals surface area contributed by atoms with E-state index >= 15 is 0 Å². The van der Waals surface area contributed by atoms with Crippen LogP contribution in [0.25, 0.3) is 0 Å². The smallest absolute Gasteiger partial charge is 0.414 e. The maximum absolute atomic E-state index is 12.1. The molecule has 31 heavy (non-hydrogen) atoms. The van der Waals surface area contributed by atoms with Crippen LogP contribution >= 0.6 is 11.6 Å².